The van der Waals surface area contributed by atoms with E-state index in [1.165, 1.54) is 10.9 Å². The third-order valence-corrected chi connectivity index (χ3v) is 3.52. The van der Waals surface area contributed by atoms with E-state index in [9.17, 15) is 19.8 Å². The molecule has 0 bridgehead atoms. The van der Waals surface area contributed by atoms with Crippen molar-refractivity contribution >= 4 is 18.0 Å². The first-order chi connectivity index (χ1) is 10.1. The van der Waals surface area contributed by atoms with Crippen molar-refractivity contribution in [2.75, 3.05) is 11.9 Å². The van der Waals surface area contributed by atoms with E-state index in [2.05, 4.69) is 15.6 Å². The number of imidazole rings is 1. The van der Waals surface area contributed by atoms with Crippen LogP contribution in [0.1, 0.15) is 16.7 Å². The fourth-order valence-corrected chi connectivity index (χ4v) is 2.43. The van der Waals surface area contributed by atoms with Gasteiger partial charge in [0, 0.05) is 0 Å². The molecular formula is C11H14N4O6. The molecular weight excluding hydrogens is 284 g/mol. The van der Waals surface area contributed by atoms with E-state index in [0.717, 1.165) is 0 Å². The highest BCUT2D eigenvalue weighted by atomic mass is 16.6. The molecule has 1 aromatic rings. The lowest BCUT2D eigenvalue weighted by Crippen LogP contribution is -2.46. The second kappa shape index (κ2) is 5.07. The van der Waals surface area contributed by atoms with Gasteiger partial charge in [0.15, 0.2) is 24.4 Å². The highest BCUT2D eigenvalue weighted by Gasteiger charge is 2.45. The number of nitrogens with zero attached hydrogens (tertiary/aromatic N) is 2. The number of fused-ring (bicyclic) bond motifs is 1. The molecule has 0 aliphatic carbocycles. The summed E-state index contributed by atoms with van der Waals surface area (Å²) in [5.74, 6) is -0.336. The lowest BCUT2D eigenvalue weighted by atomic mass is 10.1. The first kappa shape index (κ1) is 13.9. The molecule has 1 aromatic heterocycles. The number of aldehydes is 1. The van der Waals surface area contributed by atoms with E-state index in [1.54, 1.807) is 0 Å². The van der Waals surface area contributed by atoms with E-state index in [0.29, 0.717) is 6.29 Å². The zero-order valence-corrected chi connectivity index (χ0v) is 10.7. The summed E-state index contributed by atoms with van der Waals surface area (Å²) >= 11 is 0. The van der Waals surface area contributed by atoms with Gasteiger partial charge in [-0.15, -0.1) is 0 Å². The fraction of sp³-hybridized carbons (Fsp3) is 0.545. The van der Waals surface area contributed by atoms with Gasteiger partial charge < -0.3 is 30.7 Å². The number of aliphatic hydroxyl groups excluding tert-OH is 3. The van der Waals surface area contributed by atoms with Gasteiger partial charge in [-0.25, -0.2) is 4.98 Å². The average molecular weight is 298 g/mol. The summed E-state index contributed by atoms with van der Waals surface area (Å²) < 4.78 is 6.68. The minimum absolute atomic E-state index is 0.0471. The number of aromatic nitrogens is 2. The van der Waals surface area contributed by atoms with Gasteiger partial charge in [-0.2, -0.15) is 0 Å². The summed E-state index contributed by atoms with van der Waals surface area (Å²) in [6.45, 7) is -0.462. The smallest absolute Gasteiger partial charge is 0.275 e. The zero-order chi connectivity index (χ0) is 15.1. The number of anilines is 1. The van der Waals surface area contributed by atoms with Gasteiger partial charge in [0.1, 0.15) is 24.1 Å². The molecule has 0 spiro atoms. The lowest BCUT2D eigenvalue weighted by Gasteiger charge is -2.25. The van der Waals surface area contributed by atoms with Crippen LogP contribution < -0.4 is 10.6 Å². The molecule has 2 aliphatic heterocycles. The van der Waals surface area contributed by atoms with Crippen molar-refractivity contribution in [3.8, 4) is 0 Å². The molecule has 2 aliphatic rings. The Bertz CT molecular complexity index is 575. The Hall–Kier alpha value is -2.01. The van der Waals surface area contributed by atoms with Crippen molar-refractivity contribution in [1.29, 1.82) is 0 Å². The maximum Gasteiger partial charge on any atom is 0.275 e. The van der Waals surface area contributed by atoms with Gasteiger partial charge in [-0.05, 0) is 0 Å². The average Bonchev–Trinajstić information content (AvgIpc) is 3.02. The molecule has 0 saturated carbocycles. The van der Waals surface area contributed by atoms with Crippen molar-refractivity contribution in [3.05, 3.63) is 12.0 Å². The van der Waals surface area contributed by atoms with E-state index in [1.807, 2.05) is 0 Å². The summed E-state index contributed by atoms with van der Waals surface area (Å²) in [6, 6.07) is 0. The van der Waals surface area contributed by atoms with Crippen molar-refractivity contribution in [1.82, 2.24) is 14.9 Å². The van der Waals surface area contributed by atoms with Crippen molar-refractivity contribution in [3.63, 3.8) is 0 Å². The maximum atomic E-state index is 11.8. The number of hydrogen-bond acceptors (Lipinski definition) is 8. The Morgan fingerprint density at radius 3 is 2.76 bits per heavy atom. The predicted molar refractivity (Wildman–Crippen MR) is 66.2 cm³/mol. The van der Waals surface area contributed by atoms with Crippen LogP contribution >= 0.6 is 0 Å². The molecule has 21 heavy (non-hydrogen) atoms. The second-order valence-corrected chi connectivity index (χ2v) is 4.81. The molecule has 10 nitrogen and oxygen atoms in total. The highest BCUT2D eigenvalue weighted by Crippen LogP contribution is 2.33. The Morgan fingerprint density at radius 1 is 1.38 bits per heavy atom. The van der Waals surface area contributed by atoms with Gasteiger partial charge in [0.25, 0.3) is 5.91 Å². The van der Waals surface area contributed by atoms with Crippen molar-refractivity contribution in [2.24, 2.45) is 0 Å². The standard InChI is InChI=1S/C11H14N4O6/c16-1-4-7(18)8(19)11(21-4)15-3-12-6-9(15)13-5(2-17)14-10(6)20/h2-5,7-8,11,13,16,18-19H,1H2,(H,14,20). The molecule has 1 amide bonds. The monoisotopic (exact) mass is 298 g/mol. The van der Waals surface area contributed by atoms with Crippen LogP contribution in [0.5, 0.6) is 0 Å². The number of hydrogen-bond donors (Lipinski definition) is 5. The van der Waals surface area contributed by atoms with E-state index in [-0.39, 0.29) is 11.5 Å². The van der Waals surface area contributed by atoms with Crippen molar-refractivity contribution in [2.45, 2.75) is 30.7 Å². The largest absolute Gasteiger partial charge is 0.394 e. The number of carbonyl (C=O) groups is 2. The SMILES string of the molecule is O=CC1NC(=O)c2ncn(C3OC(CO)C(O)C3O)c2N1. The number of amides is 1. The first-order valence-corrected chi connectivity index (χ1v) is 6.28. The minimum Gasteiger partial charge on any atom is -0.394 e. The summed E-state index contributed by atoms with van der Waals surface area (Å²) in [7, 11) is 0. The van der Waals surface area contributed by atoms with Crippen LogP contribution in [0.4, 0.5) is 5.82 Å². The van der Waals surface area contributed by atoms with Gasteiger partial charge in [0.2, 0.25) is 0 Å². The van der Waals surface area contributed by atoms with Crippen LogP contribution in [-0.2, 0) is 9.53 Å². The normalized spacial score (nSPS) is 35.0. The predicted octanol–water partition coefficient (Wildman–Crippen LogP) is -2.83. The molecule has 1 saturated heterocycles. The van der Waals surface area contributed by atoms with Crippen LogP contribution in [0.15, 0.2) is 6.33 Å². The number of nitrogens with one attached hydrogen (secondary N) is 2. The number of ether oxygens (including phenoxy) is 1. The van der Waals surface area contributed by atoms with Crippen LogP contribution in [0.3, 0.4) is 0 Å². The van der Waals surface area contributed by atoms with Crippen molar-refractivity contribution < 1.29 is 29.6 Å². The molecule has 10 heteroatoms. The van der Waals surface area contributed by atoms with E-state index >= 15 is 0 Å². The lowest BCUT2D eigenvalue weighted by molar-refractivity contribution is -0.109. The zero-order valence-electron chi connectivity index (χ0n) is 10.7. The summed E-state index contributed by atoms with van der Waals surface area (Å²) in [5.41, 5.74) is 0.0471. The molecule has 114 valence electrons. The fourth-order valence-electron chi connectivity index (χ4n) is 2.43. The Balaban J connectivity index is 1.95. The Morgan fingerprint density at radius 2 is 2.14 bits per heavy atom. The minimum atomic E-state index is -1.30. The van der Waals surface area contributed by atoms with E-state index in [4.69, 9.17) is 9.84 Å². The molecule has 3 rings (SSSR count). The van der Waals surface area contributed by atoms with Gasteiger partial charge in [-0.1, -0.05) is 0 Å². The molecule has 1 fully saturated rings. The number of carbonyl (C=O) groups excluding carboxylic acids is 2. The number of aliphatic hydroxyl groups is 3. The van der Waals surface area contributed by atoms with Gasteiger partial charge in [-0.3, -0.25) is 14.2 Å². The third-order valence-electron chi connectivity index (χ3n) is 3.52. The molecule has 5 atom stereocenters. The van der Waals surface area contributed by atoms with Crippen LogP contribution in [0, 0.1) is 0 Å². The first-order valence-electron chi connectivity index (χ1n) is 6.28. The molecule has 5 N–H and O–H groups in total. The number of rotatable bonds is 3. The second-order valence-electron chi connectivity index (χ2n) is 4.81. The van der Waals surface area contributed by atoms with Gasteiger partial charge >= 0.3 is 0 Å². The quantitative estimate of drug-likeness (QED) is 0.375. The van der Waals surface area contributed by atoms with E-state index < -0.39 is 43.2 Å². The Kier molecular flexibility index (Phi) is 3.37. The summed E-state index contributed by atoms with van der Waals surface area (Å²) in [4.78, 5) is 26.5. The maximum absolute atomic E-state index is 11.8. The van der Waals surface area contributed by atoms with Crippen LogP contribution in [0.25, 0.3) is 0 Å². The highest BCUT2D eigenvalue weighted by molar-refractivity contribution is 6.01. The van der Waals surface area contributed by atoms with Gasteiger partial charge in [0.05, 0.1) is 12.9 Å². The van der Waals surface area contributed by atoms with Crippen LogP contribution in [-0.4, -0.2) is 68.1 Å². The summed E-state index contributed by atoms with van der Waals surface area (Å²) in [5, 5.41) is 33.9. The Labute approximate surface area is 118 Å². The topological polar surface area (TPSA) is 146 Å². The van der Waals surface area contributed by atoms with Crippen LogP contribution in [0.2, 0.25) is 0 Å². The summed E-state index contributed by atoms with van der Waals surface area (Å²) in [6.07, 6.45) is -3.70. The molecule has 0 aromatic carbocycles. The molecule has 3 heterocycles. The molecule has 0 radical (unpaired) electrons. The molecule has 5 unspecified atom stereocenters. The third kappa shape index (κ3) is 2.08.